The number of ether oxygens (including phenoxy) is 1. The van der Waals surface area contributed by atoms with Gasteiger partial charge in [0.25, 0.3) is 0 Å². The lowest BCUT2D eigenvalue weighted by molar-refractivity contribution is -0.124. The van der Waals surface area contributed by atoms with E-state index in [0.29, 0.717) is 6.54 Å². The largest absolute Gasteiger partial charge is 0.493 e. The second kappa shape index (κ2) is 6.02. The van der Waals surface area contributed by atoms with Crippen LogP contribution in [0.4, 0.5) is 5.69 Å². The quantitative estimate of drug-likeness (QED) is 0.901. The lowest BCUT2D eigenvalue weighted by atomic mass is 9.85. The highest BCUT2D eigenvalue weighted by atomic mass is 35.5. The van der Waals surface area contributed by atoms with Gasteiger partial charge in [0, 0.05) is 18.7 Å². The number of rotatable bonds is 3. The van der Waals surface area contributed by atoms with Crippen molar-refractivity contribution < 1.29 is 9.53 Å². The number of nitrogens with one attached hydrogen (secondary N) is 1. The summed E-state index contributed by atoms with van der Waals surface area (Å²) in [6.07, 6.45) is 4.93. The summed E-state index contributed by atoms with van der Waals surface area (Å²) in [5, 5.41) is 3.03. The minimum Gasteiger partial charge on any atom is -0.493 e. The van der Waals surface area contributed by atoms with E-state index in [1.54, 1.807) is 0 Å². The summed E-state index contributed by atoms with van der Waals surface area (Å²) < 4.78 is 5.47. The fraction of sp³-hybridized carbons (Fsp3) is 0.533. The van der Waals surface area contributed by atoms with Crippen LogP contribution >= 0.6 is 12.4 Å². The number of hydrogen-bond acceptors (Lipinski definition) is 3. The van der Waals surface area contributed by atoms with Crippen LogP contribution in [0.1, 0.15) is 31.2 Å². The molecule has 1 aliphatic carbocycles. The predicted octanol–water partition coefficient (Wildman–Crippen LogP) is 2.50. The van der Waals surface area contributed by atoms with Gasteiger partial charge in [0.15, 0.2) is 0 Å². The van der Waals surface area contributed by atoms with Gasteiger partial charge in [0.2, 0.25) is 5.91 Å². The van der Waals surface area contributed by atoms with Gasteiger partial charge in [-0.05, 0) is 36.6 Å². The topological polar surface area (TPSA) is 64.4 Å². The molecule has 1 aromatic carbocycles. The summed E-state index contributed by atoms with van der Waals surface area (Å²) in [6, 6.07) is 5.85. The molecule has 0 spiro atoms. The fourth-order valence-corrected chi connectivity index (χ4v) is 3.10. The minimum atomic E-state index is -0.352. The van der Waals surface area contributed by atoms with Crippen molar-refractivity contribution in [3.63, 3.8) is 0 Å². The maximum atomic E-state index is 12.4. The second-order valence-corrected chi connectivity index (χ2v) is 5.57. The Morgan fingerprint density at radius 2 is 2.10 bits per heavy atom. The first-order valence-corrected chi connectivity index (χ1v) is 7.01. The highest BCUT2D eigenvalue weighted by Crippen LogP contribution is 2.38. The summed E-state index contributed by atoms with van der Waals surface area (Å²) in [4.78, 5) is 12.4. The molecule has 4 nitrogen and oxygen atoms in total. The minimum absolute atomic E-state index is 0. The van der Waals surface area contributed by atoms with Gasteiger partial charge in [-0.1, -0.05) is 12.8 Å². The molecule has 1 aliphatic heterocycles. The molecule has 110 valence electrons. The average Bonchev–Trinajstić information content (AvgIpc) is 3.07. The standard InChI is InChI=1S/C15H20N2O2.ClH/c16-10-15(6-1-2-7-15)14(18)17-12-3-4-13-11(9-12)5-8-19-13;/h3-4,9H,1-2,5-8,10,16H2,(H,17,18);1H. The monoisotopic (exact) mass is 296 g/mol. The summed E-state index contributed by atoms with van der Waals surface area (Å²) in [6.45, 7) is 1.17. The zero-order valence-corrected chi connectivity index (χ0v) is 12.3. The number of benzene rings is 1. The third-order valence-electron chi connectivity index (χ3n) is 4.38. The van der Waals surface area contributed by atoms with Crippen LogP contribution in [0.3, 0.4) is 0 Å². The highest BCUT2D eigenvalue weighted by Gasteiger charge is 2.39. The number of carbonyl (C=O) groups is 1. The molecule has 1 heterocycles. The van der Waals surface area contributed by atoms with E-state index < -0.39 is 0 Å². The summed E-state index contributed by atoms with van der Waals surface area (Å²) in [7, 11) is 0. The van der Waals surface area contributed by atoms with Crippen molar-refractivity contribution in [1.29, 1.82) is 0 Å². The van der Waals surface area contributed by atoms with E-state index >= 15 is 0 Å². The Morgan fingerprint density at radius 3 is 2.80 bits per heavy atom. The van der Waals surface area contributed by atoms with Crippen molar-refractivity contribution in [3.05, 3.63) is 23.8 Å². The summed E-state index contributed by atoms with van der Waals surface area (Å²) in [5.41, 5.74) is 7.51. The van der Waals surface area contributed by atoms with Crippen molar-refractivity contribution >= 4 is 24.0 Å². The molecule has 0 aromatic heterocycles. The highest BCUT2D eigenvalue weighted by molar-refractivity contribution is 5.95. The summed E-state index contributed by atoms with van der Waals surface area (Å²) >= 11 is 0. The molecule has 3 N–H and O–H groups in total. The molecule has 1 amide bonds. The third kappa shape index (κ3) is 2.63. The molecule has 20 heavy (non-hydrogen) atoms. The Morgan fingerprint density at radius 1 is 1.35 bits per heavy atom. The molecule has 1 fully saturated rings. The molecule has 1 saturated carbocycles. The average molecular weight is 297 g/mol. The molecule has 0 saturated heterocycles. The summed E-state index contributed by atoms with van der Waals surface area (Å²) in [5.74, 6) is 1.01. The third-order valence-corrected chi connectivity index (χ3v) is 4.38. The normalized spacial score (nSPS) is 18.9. The predicted molar refractivity (Wildman–Crippen MR) is 81.5 cm³/mol. The lowest BCUT2D eigenvalue weighted by Gasteiger charge is -2.25. The molecule has 0 bridgehead atoms. The molecule has 3 rings (SSSR count). The van der Waals surface area contributed by atoms with Crippen LogP contribution < -0.4 is 15.8 Å². The first-order chi connectivity index (χ1) is 9.23. The van der Waals surface area contributed by atoms with E-state index in [9.17, 15) is 4.79 Å². The van der Waals surface area contributed by atoms with Gasteiger partial charge < -0.3 is 15.8 Å². The van der Waals surface area contributed by atoms with E-state index in [1.165, 1.54) is 5.56 Å². The molecule has 2 aliphatic rings. The SMILES string of the molecule is Cl.NCC1(C(=O)Nc2ccc3c(c2)CCO3)CCCC1. The van der Waals surface area contributed by atoms with Crippen LogP contribution in [-0.2, 0) is 11.2 Å². The van der Waals surface area contributed by atoms with Crippen LogP contribution in [0, 0.1) is 5.41 Å². The number of halogens is 1. The Balaban J connectivity index is 0.00000147. The van der Waals surface area contributed by atoms with Crippen LogP contribution in [0.15, 0.2) is 18.2 Å². The van der Waals surface area contributed by atoms with Crippen molar-refractivity contribution in [1.82, 2.24) is 0 Å². The number of amides is 1. The van der Waals surface area contributed by atoms with Crippen LogP contribution in [0.25, 0.3) is 0 Å². The number of anilines is 1. The van der Waals surface area contributed by atoms with E-state index in [1.807, 2.05) is 18.2 Å². The van der Waals surface area contributed by atoms with E-state index in [4.69, 9.17) is 10.5 Å². The Kier molecular flexibility index (Phi) is 4.55. The van der Waals surface area contributed by atoms with Crippen LogP contribution in [0.2, 0.25) is 0 Å². The maximum Gasteiger partial charge on any atom is 0.231 e. The molecule has 0 unspecified atom stereocenters. The first kappa shape index (κ1) is 15.1. The molecular weight excluding hydrogens is 276 g/mol. The smallest absolute Gasteiger partial charge is 0.231 e. The molecule has 5 heteroatoms. The van der Waals surface area contributed by atoms with Gasteiger partial charge in [-0.2, -0.15) is 0 Å². The molecule has 1 aromatic rings. The van der Waals surface area contributed by atoms with Crippen molar-refractivity contribution in [2.75, 3.05) is 18.5 Å². The Labute approximate surface area is 125 Å². The first-order valence-electron chi connectivity index (χ1n) is 7.01. The Bertz CT molecular complexity index is 499. The number of hydrogen-bond donors (Lipinski definition) is 2. The van der Waals surface area contributed by atoms with E-state index in [-0.39, 0.29) is 23.7 Å². The van der Waals surface area contributed by atoms with Gasteiger partial charge in [-0.3, -0.25) is 4.79 Å². The van der Waals surface area contributed by atoms with Crippen LogP contribution in [0.5, 0.6) is 5.75 Å². The maximum absolute atomic E-state index is 12.4. The molecule has 0 atom stereocenters. The zero-order chi connectivity index (χ0) is 13.3. The van der Waals surface area contributed by atoms with Crippen molar-refractivity contribution in [3.8, 4) is 5.75 Å². The van der Waals surface area contributed by atoms with Crippen molar-refractivity contribution in [2.24, 2.45) is 11.1 Å². The van der Waals surface area contributed by atoms with E-state index in [0.717, 1.165) is 50.1 Å². The van der Waals surface area contributed by atoms with Gasteiger partial charge in [0.1, 0.15) is 5.75 Å². The van der Waals surface area contributed by atoms with Gasteiger partial charge in [-0.15, -0.1) is 12.4 Å². The second-order valence-electron chi connectivity index (χ2n) is 5.57. The van der Waals surface area contributed by atoms with Gasteiger partial charge >= 0.3 is 0 Å². The van der Waals surface area contributed by atoms with E-state index in [2.05, 4.69) is 5.32 Å². The van der Waals surface area contributed by atoms with Gasteiger partial charge in [0.05, 0.1) is 12.0 Å². The number of nitrogens with two attached hydrogens (primary N) is 1. The fourth-order valence-electron chi connectivity index (χ4n) is 3.10. The van der Waals surface area contributed by atoms with Gasteiger partial charge in [-0.25, -0.2) is 0 Å². The van der Waals surface area contributed by atoms with Crippen LogP contribution in [-0.4, -0.2) is 19.1 Å². The molecule has 0 radical (unpaired) electrons. The molecular formula is C15H21ClN2O2. The number of carbonyl (C=O) groups excluding carboxylic acids is 1. The lowest BCUT2D eigenvalue weighted by Crippen LogP contribution is -2.40. The number of fused-ring (bicyclic) bond motifs is 1. The zero-order valence-electron chi connectivity index (χ0n) is 11.5. The van der Waals surface area contributed by atoms with Crippen molar-refractivity contribution in [2.45, 2.75) is 32.1 Å². The Hall–Kier alpha value is -1.26.